The fourth-order valence-electron chi connectivity index (χ4n) is 0.967. The van der Waals surface area contributed by atoms with Gasteiger partial charge in [0.15, 0.2) is 0 Å². The molecule has 0 aromatic heterocycles. The van der Waals surface area contributed by atoms with Gasteiger partial charge < -0.3 is 10.6 Å². The highest BCUT2D eigenvalue weighted by Crippen LogP contribution is 1.90. The number of carbonyl (C=O) groups is 1. The van der Waals surface area contributed by atoms with Crippen molar-refractivity contribution in [2.24, 2.45) is 0 Å². The van der Waals surface area contributed by atoms with Crippen molar-refractivity contribution in [3.8, 4) is 0 Å². The summed E-state index contributed by atoms with van der Waals surface area (Å²) >= 11 is 0. The van der Waals surface area contributed by atoms with Crippen molar-refractivity contribution in [2.45, 2.75) is 13.3 Å². The van der Waals surface area contributed by atoms with Gasteiger partial charge in [-0.05, 0) is 13.0 Å². The fourth-order valence-corrected chi connectivity index (χ4v) is 1.32. The first-order valence-electron chi connectivity index (χ1n) is 5.26. The average Bonchev–Trinajstić information content (AvgIpc) is 2.16. The second-order valence-electron chi connectivity index (χ2n) is 3.62. The molecule has 1 amide bonds. The SMILES string of the molecule is CCCNCCNC(=O)CN(C)S(C)(=O)=O. The van der Waals surface area contributed by atoms with Gasteiger partial charge >= 0.3 is 0 Å². The lowest BCUT2D eigenvalue weighted by atomic mass is 10.4. The number of rotatable bonds is 8. The van der Waals surface area contributed by atoms with Gasteiger partial charge in [0, 0.05) is 20.1 Å². The minimum Gasteiger partial charge on any atom is -0.354 e. The number of carbonyl (C=O) groups excluding carboxylic acids is 1. The number of amides is 1. The van der Waals surface area contributed by atoms with Crippen molar-refractivity contribution in [1.29, 1.82) is 0 Å². The molecule has 7 heteroatoms. The Morgan fingerprint density at radius 2 is 1.88 bits per heavy atom. The van der Waals surface area contributed by atoms with Crippen molar-refractivity contribution in [1.82, 2.24) is 14.9 Å². The number of hydrogen-bond acceptors (Lipinski definition) is 4. The average molecular weight is 251 g/mol. The Kier molecular flexibility index (Phi) is 7.27. The predicted octanol–water partition coefficient (Wildman–Crippen LogP) is -1.01. The monoisotopic (exact) mass is 251 g/mol. The maximum atomic E-state index is 11.3. The third-order valence-electron chi connectivity index (χ3n) is 1.98. The number of likely N-dealkylation sites (N-methyl/N-ethyl adjacent to an activating group) is 1. The Labute approximate surface area is 97.4 Å². The molecule has 0 fully saturated rings. The van der Waals surface area contributed by atoms with Crippen LogP contribution in [-0.2, 0) is 14.8 Å². The lowest BCUT2D eigenvalue weighted by molar-refractivity contribution is -0.121. The fraction of sp³-hybridized carbons (Fsp3) is 0.889. The van der Waals surface area contributed by atoms with E-state index in [0.29, 0.717) is 13.1 Å². The zero-order chi connectivity index (χ0) is 12.6. The van der Waals surface area contributed by atoms with E-state index in [9.17, 15) is 13.2 Å². The van der Waals surface area contributed by atoms with Gasteiger partial charge in [-0.15, -0.1) is 0 Å². The predicted molar refractivity (Wildman–Crippen MR) is 63.6 cm³/mol. The zero-order valence-electron chi connectivity index (χ0n) is 10.1. The second kappa shape index (κ2) is 7.59. The van der Waals surface area contributed by atoms with Crippen molar-refractivity contribution < 1.29 is 13.2 Å². The highest BCUT2D eigenvalue weighted by molar-refractivity contribution is 7.88. The van der Waals surface area contributed by atoms with E-state index in [-0.39, 0.29) is 12.5 Å². The number of sulfonamides is 1. The number of hydrogen-bond donors (Lipinski definition) is 2. The Hall–Kier alpha value is -0.660. The summed E-state index contributed by atoms with van der Waals surface area (Å²) in [6.45, 7) is 4.05. The molecule has 0 rings (SSSR count). The zero-order valence-corrected chi connectivity index (χ0v) is 10.9. The van der Waals surface area contributed by atoms with Crippen LogP contribution in [0.2, 0.25) is 0 Å². The Bertz CT molecular complexity index is 303. The van der Waals surface area contributed by atoms with Crippen molar-refractivity contribution in [3.63, 3.8) is 0 Å². The summed E-state index contributed by atoms with van der Waals surface area (Å²) in [5.74, 6) is -0.286. The summed E-state index contributed by atoms with van der Waals surface area (Å²) in [6.07, 6.45) is 2.12. The van der Waals surface area contributed by atoms with Gasteiger partial charge in [-0.25, -0.2) is 8.42 Å². The lowest BCUT2D eigenvalue weighted by Crippen LogP contribution is -2.40. The normalized spacial score (nSPS) is 11.8. The van der Waals surface area contributed by atoms with Crippen LogP contribution in [0.1, 0.15) is 13.3 Å². The molecular weight excluding hydrogens is 230 g/mol. The van der Waals surface area contributed by atoms with Crippen LogP contribution < -0.4 is 10.6 Å². The molecule has 16 heavy (non-hydrogen) atoms. The minimum absolute atomic E-state index is 0.132. The van der Waals surface area contributed by atoms with E-state index in [1.54, 1.807) is 0 Å². The summed E-state index contributed by atoms with van der Waals surface area (Å²) in [5.41, 5.74) is 0. The topological polar surface area (TPSA) is 78.5 Å². The van der Waals surface area contributed by atoms with Crippen molar-refractivity contribution in [2.75, 3.05) is 39.5 Å². The van der Waals surface area contributed by atoms with E-state index in [4.69, 9.17) is 0 Å². The largest absolute Gasteiger partial charge is 0.354 e. The molecule has 6 nitrogen and oxygen atoms in total. The van der Waals surface area contributed by atoms with Crippen LogP contribution in [-0.4, -0.2) is 58.1 Å². The lowest BCUT2D eigenvalue weighted by Gasteiger charge is -2.13. The van der Waals surface area contributed by atoms with Crippen LogP contribution in [0.25, 0.3) is 0 Å². The van der Waals surface area contributed by atoms with Gasteiger partial charge in [-0.3, -0.25) is 4.79 Å². The summed E-state index contributed by atoms with van der Waals surface area (Å²) in [7, 11) is -1.90. The molecule has 0 aromatic rings. The molecule has 0 bridgehead atoms. The van der Waals surface area contributed by atoms with E-state index >= 15 is 0 Å². The molecule has 0 aliphatic carbocycles. The minimum atomic E-state index is -3.28. The maximum Gasteiger partial charge on any atom is 0.235 e. The third-order valence-corrected chi connectivity index (χ3v) is 3.24. The molecule has 0 aromatic carbocycles. The molecule has 0 spiro atoms. The molecule has 0 aliphatic heterocycles. The molecule has 2 N–H and O–H groups in total. The van der Waals surface area contributed by atoms with Crippen LogP contribution in [0.3, 0.4) is 0 Å². The van der Waals surface area contributed by atoms with Gasteiger partial charge in [-0.2, -0.15) is 4.31 Å². The highest BCUT2D eigenvalue weighted by Gasteiger charge is 2.14. The Morgan fingerprint density at radius 1 is 1.25 bits per heavy atom. The van der Waals surface area contributed by atoms with Gasteiger partial charge in [0.25, 0.3) is 0 Å². The van der Waals surface area contributed by atoms with Gasteiger partial charge in [0.05, 0.1) is 12.8 Å². The molecule has 0 aliphatic rings. The van der Waals surface area contributed by atoms with Crippen LogP contribution in [0.15, 0.2) is 0 Å². The summed E-state index contributed by atoms with van der Waals surface area (Å²) in [4.78, 5) is 11.3. The summed E-state index contributed by atoms with van der Waals surface area (Å²) in [6, 6.07) is 0. The quantitative estimate of drug-likeness (QED) is 0.542. The first kappa shape index (κ1) is 15.3. The Balaban J connectivity index is 3.67. The molecule has 0 atom stereocenters. The second-order valence-corrected chi connectivity index (χ2v) is 5.71. The van der Waals surface area contributed by atoms with E-state index in [0.717, 1.165) is 23.5 Å². The third kappa shape index (κ3) is 7.61. The highest BCUT2D eigenvalue weighted by atomic mass is 32.2. The van der Waals surface area contributed by atoms with Crippen LogP contribution in [0, 0.1) is 0 Å². The smallest absolute Gasteiger partial charge is 0.235 e. The van der Waals surface area contributed by atoms with Gasteiger partial charge in [-0.1, -0.05) is 6.92 Å². The van der Waals surface area contributed by atoms with Crippen LogP contribution >= 0.6 is 0 Å². The van der Waals surface area contributed by atoms with Crippen LogP contribution in [0.5, 0.6) is 0 Å². The van der Waals surface area contributed by atoms with Gasteiger partial charge in [0.1, 0.15) is 0 Å². The molecule has 0 radical (unpaired) electrons. The summed E-state index contributed by atoms with van der Waals surface area (Å²) < 4.78 is 23.0. The van der Waals surface area contributed by atoms with Gasteiger partial charge in [0.2, 0.25) is 15.9 Å². The standard InChI is InChI=1S/C9H21N3O3S/c1-4-5-10-6-7-11-9(13)8-12(2)16(3,14)15/h10H,4-8H2,1-3H3,(H,11,13). The van der Waals surface area contributed by atoms with Crippen molar-refractivity contribution >= 4 is 15.9 Å². The van der Waals surface area contributed by atoms with E-state index in [1.807, 2.05) is 0 Å². The van der Waals surface area contributed by atoms with Crippen molar-refractivity contribution in [3.05, 3.63) is 0 Å². The molecular formula is C9H21N3O3S. The molecule has 0 heterocycles. The van der Waals surface area contributed by atoms with Crippen LogP contribution in [0.4, 0.5) is 0 Å². The summed E-state index contributed by atoms with van der Waals surface area (Å²) in [5, 5.41) is 5.76. The van der Waals surface area contributed by atoms with E-state index < -0.39 is 10.0 Å². The first-order valence-corrected chi connectivity index (χ1v) is 7.11. The van der Waals surface area contributed by atoms with E-state index in [1.165, 1.54) is 7.05 Å². The number of nitrogens with zero attached hydrogens (tertiary/aromatic N) is 1. The maximum absolute atomic E-state index is 11.3. The van der Waals surface area contributed by atoms with E-state index in [2.05, 4.69) is 17.6 Å². The molecule has 0 saturated carbocycles. The Morgan fingerprint density at radius 3 is 2.38 bits per heavy atom. The molecule has 0 saturated heterocycles. The number of nitrogens with one attached hydrogen (secondary N) is 2. The molecule has 96 valence electrons. The first-order chi connectivity index (χ1) is 7.38. The molecule has 0 unspecified atom stereocenters.